The number of rotatable bonds is 7. The van der Waals surface area contributed by atoms with Crippen LogP contribution in [-0.2, 0) is 9.59 Å². The van der Waals surface area contributed by atoms with Gasteiger partial charge in [0.25, 0.3) is 5.91 Å². The summed E-state index contributed by atoms with van der Waals surface area (Å²) in [5.74, 6) is 1.04. The molecule has 2 aromatic rings. The Morgan fingerprint density at radius 2 is 1.58 bits per heavy atom. The molecule has 1 heterocycles. The summed E-state index contributed by atoms with van der Waals surface area (Å²) in [7, 11) is 4.89. The summed E-state index contributed by atoms with van der Waals surface area (Å²) >= 11 is 0. The van der Waals surface area contributed by atoms with Crippen LogP contribution in [-0.4, -0.2) is 55.2 Å². The van der Waals surface area contributed by atoms with Crippen molar-refractivity contribution in [1.82, 2.24) is 9.91 Å². The second-order valence-electron chi connectivity index (χ2n) is 7.86. The lowest BCUT2D eigenvalue weighted by Crippen LogP contribution is -2.40. The molecular formula is C24H29N3O4. The Kier molecular flexibility index (Phi) is 6.95. The van der Waals surface area contributed by atoms with Crippen molar-refractivity contribution in [2.75, 3.05) is 27.8 Å². The number of carbonyl (C=O) groups is 2. The summed E-state index contributed by atoms with van der Waals surface area (Å²) in [6.45, 7) is 3.61. The summed E-state index contributed by atoms with van der Waals surface area (Å²) in [5.41, 5.74) is 2.70. The first-order valence-electron chi connectivity index (χ1n) is 10.3. The van der Waals surface area contributed by atoms with Crippen LogP contribution in [0, 0.1) is 5.92 Å². The van der Waals surface area contributed by atoms with Gasteiger partial charge in [0.05, 0.1) is 26.0 Å². The summed E-state index contributed by atoms with van der Waals surface area (Å²) in [5, 5.41) is 6.17. The second kappa shape index (κ2) is 9.64. The summed E-state index contributed by atoms with van der Waals surface area (Å²) in [4.78, 5) is 26.9. The van der Waals surface area contributed by atoms with Crippen molar-refractivity contribution in [2.24, 2.45) is 11.0 Å². The Hall–Kier alpha value is -3.35. The fourth-order valence-electron chi connectivity index (χ4n) is 3.58. The predicted molar refractivity (Wildman–Crippen MR) is 119 cm³/mol. The average Bonchev–Trinajstić information content (AvgIpc) is 3.24. The molecule has 2 aromatic carbocycles. The number of hydrogen-bond donors (Lipinski definition) is 0. The van der Waals surface area contributed by atoms with E-state index in [0.717, 1.165) is 28.3 Å². The minimum Gasteiger partial charge on any atom is -0.497 e. The maximum atomic E-state index is 13.1. The highest BCUT2D eigenvalue weighted by Gasteiger charge is 2.34. The van der Waals surface area contributed by atoms with E-state index in [4.69, 9.17) is 9.47 Å². The molecule has 2 amide bonds. The minimum absolute atomic E-state index is 0.0247. The Balaban J connectivity index is 1.89. The molecule has 0 saturated heterocycles. The molecule has 0 bridgehead atoms. The fourth-order valence-corrected chi connectivity index (χ4v) is 3.58. The zero-order valence-corrected chi connectivity index (χ0v) is 18.7. The zero-order chi connectivity index (χ0) is 22.5. The third-order valence-electron chi connectivity index (χ3n) is 5.33. The topological polar surface area (TPSA) is 71.4 Å². The normalized spacial score (nSPS) is 15.6. The standard InChI is InChI=1S/C24H29N3O4/c1-16(2)24(29)26(3)15-23(28)27-22(18-8-12-20(31-5)13-9-18)14-21(25-27)17-6-10-19(30-4)11-7-17/h6-13,16,22H,14-15H2,1-5H3/t22-/m0/s1. The average molecular weight is 424 g/mol. The molecule has 7 heteroatoms. The van der Waals surface area contributed by atoms with Crippen LogP contribution in [0.4, 0.5) is 0 Å². The minimum atomic E-state index is -0.252. The molecule has 0 aliphatic carbocycles. The second-order valence-corrected chi connectivity index (χ2v) is 7.86. The highest BCUT2D eigenvalue weighted by molar-refractivity contribution is 6.03. The number of likely N-dealkylation sites (N-methyl/N-ethyl adjacent to an activating group) is 1. The quantitative estimate of drug-likeness (QED) is 0.683. The van der Waals surface area contributed by atoms with E-state index in [2.05, 4.69) is 5.10 Å². The molecule has 0 fully saturated rings. The van der Waals surface area contributed by atoms with Crippen molar-refractivity contribution >= 4 is 17.5 Å². The molecule has 31 heavy (non-hydrogen) atoms. The van der Waals surface area contributed by atoms with Gasteiger partial charge >= 0.3 is 0 Å². The number of ether oxygens (including phenoxy) is 2. The van der Waals surface area contributed by atoms with Gasteiger partial charge in [0.15, 0.2) is 0 Å². The van der Waals surface area contributed by atoms with Gasteiger partial charge in [-0.2, -0.15) is 5.10 Å². The molecule has 0 spiro atoms. The molecule has 1 aliphatic rings. The zero-order valence-electron chi connectivity index (χ0n) is 18.7. The third-order valence-corrected chi connectivity index (χ3v) is 5.33. The maximum absolute atomic E-state index is 13.1. The van der Waals surface area contributed by atoms with Crippen molar-refractivity contribution in [2.45, 2.75) is 26.3 Å². The summed E-state index contributed by atoms with van der Waals surface area (Å²) in [6.07, 6.45) is 0.576. The highest BCUT2D eigenvalue weighted by atomic mass is 16.5. The van der Waals surface area contributed by atoms with Gasteiger partial charge in [-0.05, 0) is 47.5 Å². The van der Waals surface area contributed by atoms with Crippen LogP contribution in [0.3, 0.4) is 0 Å². The van der Waals surface area contributed by atoms with E-state index in [9.17, 15) is 9.59 Å². The maximum Gasteiger partial charge on any atom is 0.262 e. The number of benzene rings is 2. The van der Waals surface area contributed by atoms with Crippen LogP contribution >= 0.6 is 0 Å². The van der Waals surface area contributed by atoms with E-state index < -0.39 is 0 Å². The highest BCUT2D eigenvalue weighted by Crippen LogP contribution is 2.34. The van der Waals surface area contributed by atoms with Crippen LogP contribution in [0.1, 0.15) is 37.4 Å². The number of carbonyl (C=O) groups excluding carboxylic acids is 2. The molecule has 1 atom stereocenters. The van der Waals surface area contributed by atoms with Gasteiger partial charge < -0.3 is 14.4 Å². The molecule has 164 valence electrons. The van der Waals surface area contributed by atoms with E-state index >= 15 is 0 Å². The smallest absolute Gasteiger partial charge is 0.262 e. The Bertz CT molecular complexity index is 952. The van der Waals surface area contributed by atoms with Crippen molar-refractivity contribution in [3.8, 4) is 11.5 Å². The van der Waals surface area contributed by atoms with Crippen molar-refractivity contribution in [1.29, 1.82) is 0 Å². The first-order valence-corrected chi connectivity index (χ1v) is 10.3. The van der Waals surface area contributed by atoms with E-state index in [1.165, 1.54) is 9.91 Å². The molecule has 0 aromatic heterocycles. The molecule has 0 unspecified atom stereocenters. The van der Waals surface area contributed by atoms with Crippen molar-refractivity contribution in [3.05, 3.63) is 59.7 Å². The van der Waals surface area contributed by atoms with Crippen LogP contribution in [0.25, 0.3) is 0 Å². The predicted octanol–water partition coefficient (Wildman–Crippen LogP) is 3.50. The van der Waals surface area contributed by atoms with E-state index in [1.54, 1.807) is 21.3 Å². The van der Waals surface area contributed by atoms with Crippen molar-refractivity contribution < 1.29 is 19.1 Å². The lowest BCUT2D eigenvalue weighted by atomic mass is 9.98. The summed E-state index contributed by atoms with van der Waals surface area (Å²) in [6, 6.07) is 15.0. The number of hydrogen-bond acceptors (Lipinski definition) is 5. The molecule has 1 aliphatic heterocycles. The van der Waals surface area contributed by atoms with Gasteiger partial charge in [0.2, 0.25) is 5.91 Å². The number of methoxy groups -OCH3 is 2. The third kappa shape index (κ3) is 5.05. The van der Waals surface area contributed by atoms with E-state index in [1.807, 2.05) is 62.4 Å². The molecule has 3 rings (SSSR count). The number of amides is 2. The van der Waals surface area contributed by atoms with Gasteiger partial charge in [0, 0.05) is 19.4 Å². The van der Waals surface area contributed by atoms with E-state index in [0.29, 0.717) is 6.42 Å². The molecule has 0 N–H and O–H groups in total. The van der Waals surface area contributed by atoms with Gasteiger partial charge in [-0.1, -0.05) is 26.0 Å². The molecular weight excluding hydrogens is 394 g/mol. The van der Waals surface area contributed by atoms with Crippen molar-refractivity contribution in [3.63, 3.8) is 0 Å². The SMILES string of the molecule is COc1ccc(C2=NN(C(=O)CN(C)C(=O)C(C)C)[C@H](c3ccc(OC)cc3)C2)cc1. The Labute approximate surface area is 183 Å². The number of nitrogens with zero attached hydrogens (tertiary/aromatic N) is 3. The first kappa shape index (κ1) is 22.3. The molecule has 0 saturated carbocycles. The molecule has 7 nitrogen and oxygen atoms in total. The monoisotopic (exact) mass is 423 g/mol. The summed E-state index contributed by atoms with van der Waals surface area (Å²) < 4.78 is 10.5. The van der Waals surface area contributed by atoms with Crippen LogP contribution in [0.5, 0.6) is 11.5 Å². The number of hydrazone groups is 1. The van der Waals surface area contributed by atoms with Gasteiger partial charge in [-0.15, -0.1) is 0 Å². The van der Waals surface area contributed by atoms with Gasteiger partial charge in [-0.25, -0.2) is 5.01 Å². The van der Waals surface area contributed by atoms with Crippen LogP contribution < -0.4 is 9.47 Å². The molecule has 0 radical (unpaired) electrons. The Morgan fingerprint density at radius 3 is 2.10 bits per heavy atom. The van der Waals surface area contributed by atoms with Crippen LogP contribution in [0.2, 0.25) is 0 Å². The largest absolute Gasteiger partial charge is 0.497 e. The Morgan fingerprint density at radius 1 is 1.03 bits per heavy atom. The van der Waals surface area contributed by atoms with Gasteiger partial charge in [-0.3, -0.25) is 9.59 Å². The van der Waals surface area contributed by atoms with E-state index in [-0.39, 0.29) is 30.3 Å². The van der Waals surface area contributed by atoms with Crippen LogP contribution in [0.15, 0.2) is 53.6 Å². The lowest BCUT2D eigenvalue weighted by Gasteiger charge is -2.25. The lowest BCUT2D eigenvalue weighted by molar-refractivity contribution is -0.142. The van der Waals surface area contributed by atoms with Gasteiger partial charge in [0.1, 0.15) is 18.0 Å². The first-order chi connectivity index (χ1) is 14.8. The fraction of sp³-hybridized carbons (Fsp3) is 0.375.